The Morgan fingerprint density at radius 2 is 1.77 bits per heavy atom. The highest BCUT2D eigenvalue weighted by molar-refractivity contribution is 5.85. The number of halogens is 1. The van der Waals surface area contributed by atoms with Crippen molar-refractivity contribution >= 4 is 24.2 Å². The molecule has 1 saturated heterocycles. The third-order valence-corrected chi connectivity index (χ3v) is 4.15. The first-order valence-electron chi connectivity index (χ1n) is 7.44. The molecular weight excluding hydrogens is 302 g/mol. The first-order chi connectivity index (χ1) is 10.1. The van der Waals surface area contributed by atoms with Gasteiger partial charge in [0.05, 0.1) is 5.92 Å². The number of amides is 2. The minimum absolute atomic E-state index is 0. The normalized spacial score (nSPS) is 16.7. The Morgan fingerprint density at radius 3 is 2.27 bits per heavy atom. The predicted molar refractivity (Wildman–Crippen MR) is 88.6 cm³/mol. The van der Waals surface area contributed by atoms with Gasteiger partial charge >= 0.3 is 0 Å². The Balaban J connectivity index is 0.00000242. The lowest BCUT2D eigenvalue weighted by Gasteiger charge is -2.33. The van der Waals surface area contributed by atoms with Gasteiger partial charge in [0.1, 0.15) is 0 Å². The van der Waals surface area contributed by atoms with E-state index in [2.05, 4.69) is 0 Å². The molecule has 0 aromatic heterocycles. The number of nitrogens with two attached hydrogens (primary N) is 2. The molecule has 0 radical (unpaired) electrons. The van der Waals surface area contributed by atoms with E-state index in [4.69, 9.17) is 11.5 Å². The summed E-state index contributed by atoms with van der Waals surface area (Å²) in [5.74, 6) is -0.149. The van der Waals surface area contributed by atoms with Gasteiger partial charge in [0, 0.05) is 26.1 Å². The molecule has 1 unspecified atom stereocenters. The van der Waals surface area contributed by atoms with Crippen LogP contribution in [-0.2, 0) is 9.59 Å². The van der Waals surface area contributed by atoms with Gasteiger partial charge in [0.15, 0.2) is 0 Å². The lowest BCUT2D eigenvalue weighted by atomic mass is 9.91. The summed E-state index contributed by atoms with van der Waals surface area (Å²) in [5, 5.41) is 0. The summed E-state index contributed by atoms with van der Waals surface area (Å²) in [6, 6.07) is 9.65. The fourth-order valence-electron chi connectivity index (χ4n) is 2.93. The average molecular weight is 326 g/mol. The lowest BCUT2D eigenvalue weighted by Crippen LogP contribution is -2.43. The molecule has 0 bridgehead atoms. The molecule has 0 spiro atoms. The smallest absolute Gasteiger partial charge is 0.231 e. The van der Waals surface area contributed by atoms with Gasteiger partial charge in [0.25, 0.3) is 0 Å². The molecule has 1 aromatic carbocycles. The number of carbonyl (C=O) groups is 2. The summed E-state index contributed by atoms with van der Waals surface area (Å²) in [6.07, 6.45) is 2.09. The van der Waals surface area contributed by atoms with Crippen LogP contribution < -0.4 is 11.5 Å². The number of primary amides is 1. The number of piperidine rings is 1. The second-order valence-electron chi connectivity index (χ2n) is 5.64. The zero-order valence-electron chi connectivity index (χ0n) is 12.6. The maximum absolute atomic E-state index is 12.6. The molecular formula is C16H24ClN3O2. The van der Waals surface area contributed by atoms with E-state index >= 15 is 0 Å². The van der Waals surface area contributed by atoms with Crippen LogP contribution in [0.15, 0.2) is 30.3 Å². The van der Waals surface area contributed by atoms with Gasteiger partial charge in [-0.25, -0.2) is 0 Å². The molecule has 5 nitrogen and oxygen atoms in total. The second-order valence-corrected chi connectivity index (χ2v) is 5.64. The second kappa shape index (κ2) is 8.76. The van der Waals surface area contributed by atoms with E-state index in [0.29, 0.717) is 32.0 Å². The van der Waals surface area contributed by atoms with Crippen LogP contribution in [0.2, 0.25) is 0 Å². The van der Waals surface area contributed by atoms with Gasteiger partial charge in [-0.3, -0.25) is 9.59 Å². The van der Waals surface area contributed by atoms with Gasteiger partial charge < -0.3 is 16.4 Å². The minimum atomic E-state index is -0.279. The fraction of sp³-hybridized carbons (Fsp3) is 0.500. The minimum Gasteiger partial charge on any atom is -0.370 e. The molecule has 1 aliphatic rings. The van der Waals surface area contributed by atoms with Crippen LogP contribution in [0.1, 0.15) is 30.7 Å². The van der Waals surface area contributed by atoms with Crippen LogP contribution in [0.3, 0.4) is 0 Å². The molecule has 22 heavy (non-hydrogen) atoms. The first kappa shape index (κ1) is 18.5. The van der Waals surface area contributed by atoms with Crippen molar-refractivity contribution in [2.24, 2.45) is 17.4 Å². The standard InChI is InChI=1S/C16H23N3O2.ClH/c17-11-14(13-4-2-1-3-5-13)16(21)19-8-6-12(7-9-19)10-15(18)20;/h1-5,12,14H,6-11,17H2,(H2,18,20);1H. The van der Waals surface area contributed by atoms with Crippen LogP contribution in [0.4, 0.5) is 0 Å². The number of hydrogen-bond acceptors (Lipinski definition) is 3. The van der Waals surface area contributed by atoms with Crippen molar-refractivity contribution in [3.8, 4) is 0 Å². The van der Waals surface area contributed by atoms with Crippen molar-refractivity contribution in [2.45, 2.75) is 25.2 Å². The van der Waals surface area contributed by atoms with Crippen LogP contribution in [0.25, 0.3) is 0 Å². The summed E-state index contributed by atoms with van der Waals surface area (Å²) in [4.78, 5) is 25.4. The van der Waals surface area contributed by atoms with Crippen molar-refractivity contribution in [1.29, 1.82) is 0 Å². The summed E-state index contributed by atoms with van der Waals surface area (Å²) in [6.45, 7) is 1.67. The molecule has 1 aliphatic heterocycles. The predicted octanol–water partition coefficient (Wildman–Crippen LogP) is 1.26. The molecule has 2 amide bonds. The number of likely N-dealkylation sites (tertiary alicyclic amines) is 1. The summed E-state index contributed by atoms with van der Waals surface area (Å²) >= 11 is 0. The van der Waals surface area contributed by atoms with E-state index < -0.39 is 0 Å². The highest BCUT2D eigenvalue weighted by atomic mass is 35.5. The van der Waals surface area contributed by atoms with E-state index in [1.807, 2.05) is 35.2 Å². The highest BCUT2D eigenvalue weighted by Gasteiger charge is 2.28. The fourth-order valence-corrected chi connectivity index (χ4v) is 2.93. The summed E-state index contributed by atoms with van der Waals surface area (Å²) in [5.41, 5.74) is 12.0. The Kier molecular flexibility index (Phi) is 7.35. The van der Waals surface area contributed by atoms with Gasteiger partial charge in [-0.15, -0.1) is 12.4 Å². The quantitative estimate of drug-likeness (QED) is 0.854. The average Bonchev–Trinajstić information content (AvgIpc) is 2.49. The van der Waals surface area contributed by atoms with Crippen molar-refractivity contribution in [2.75, 3.05) is 19.6 Å². The van der Waals surface area contributed by atoms with Gasteiger partial charge in [-0.2, -0.15) is 0 Å². The molecule has 122 valence electrons. The first-order valence-corrected chi connectivity index (χ1v) is 7.44. The molecule has 4 N–H and O–H groups in total. The SMILES string of the molecule is Cl.NCC(C(=O)N1CCC(CC(N)=O)CC1)c1ccccc1. The van der Waals surface area contributed by atoms with Crippen LogP contribution in [0, 0.1) is 5.92 Å². The molecule has 6 heteroatoms. The molecule has 1 atom stereocenters. The topological polar surface area (TPSA) is 89.4 Å². The van der Waals surface area contributed by atoms with E-state index in [0.717, 1.165) is 18.4 Å². The highest BCUT2D eigenvalue weighted by Crippen LogP contribution is 2.24. The van der Waals surface area contributed by atoms with Crippen molar-refractivity contribution in [3.63, 3.8) is 0 Å². The molecule has 0 aliphatic carbocycles. The Labute approximate surface area is 137 Å². The van der Waals surface area contributed by atoms with Crippen molar-refractivity contribution < 1.29 is 9.59 Å². The number of nitrogens with zero attached hydrogens (tertiary/aromatic N) is 1. The Morgan fingerprint density at radius 1 is 1.18 bits per heavy atom. The summed E-state index contributed by atoms with van der Waals surface area (Å²) < 4.78 is 0. The molecule has 2 rings (SSSR count). The van der Waals surface area contributed by atoms with Gasteiger partial charge in [0.2, 0.25) is 11.8 Å². The maximum atomic E-state index is 12.6. The van der Waals surface area contributed by atoms with Crippen LogP contribution in [0.5, 0.6) is 0 Å². The third kappa shape index (κ3) is 4.71. The van der Waals surface area contributed by atoms with E-state index in [9.17, 15) is 9.59 Å². The zero-order chi connectivity index (χ0) is 15.2. The monoisotopic (exact) mass is 325 g/mol. The number of carbonyl (C=O) groups excluding carboxylic acids is 2. The Hall–Kier alpha value is -1.59. The largest absolute Gasteiger partial charge is 0.370 e. The number of hydrogen-bond donors (Lipinski definition) is 2. The number of rotatable bonds is 5. The lowest BCUT2D eigenvalue weighted by molar-refractivity contribution is -0.134. The maximum Gasteiger partial charge on any atom is 0.231 e. The van der Waals surface area contributed by atoms with E-state index in [1.165, 1.54) is 0 Å². The molecule has 0 saturated carbocycles. The van der Waals surface area contributed by atoms with Crippen molar-refractivity contribution in [1.82, 2.24) is 4.90 Å². The van der Waals surface area contributed by atoms with E-state index in [-0.39, 0.29) is 30.1 Å². The molecule has 1 heterocycles. The van der Waals surface area contributed by atoms with Crippen molar-refractivity contribution in [3.05, 3.63) is 35.9 Å². The van der Waals surface area contributed by atoms with E-state index in [1.54, 1.807) is 0 Å². The Bertz CT molecular complexity index is 487. The van der Waals surface area contributed by atoms with Gasteiger partial charge in [-0.05, 0) is 24.3 Å². The van der Waals surface area contributed by atoms with Crippen LogP contribution in [-0.4, -0.2) is 36.3 Å². The summed E-state index contributed by atoms with van der Waals surface area (Å²) in [7, 11) is 0. The molecule has 1 aromatic rings. The molecule has 1 fully saturated rings. The zero-order valence-corrected chi connectivity index (χ0v) is 13.4. The van der Waals surface area contributed by atoms with Crippen LogP contribution >= 0.6 is 12.4 Å². The third-order valence-electron chi connectivity index (χ3n) is 4.15. The number of benzene rings is 1. The van der Waals surface area contributed by atoms with Gasteiger partial charge in [-0.1, -0.05) is 30.3 Å².